The van der Waals surface area contributed by atoms with Gasteiger partial charge in [0.1, 0.15) is 0 Å². The molecule has 5 heteroatoms. The Kier molecular flexibility index (Phi) is 7.81. The summed E-state index contributed by atoms with van der Waals surface area (Å²) in [6.45, 7) is 10.1. The molecule has 0 aromatic heterocycles. The number of carboxylic acid groups (broad SMARTS) is 1. The van der Waals surface area contributed by atoms with E-state index in [0.717, 1.165) is 17.6 Å². The maximum atomic E-state index is 11.7. The highest BCUT2D eigenvalue weighted by atomic mass is 16.6. The Morgan fingerprint density at radius 1 is 1.32 bits per heavy atom. The molecule has 25 heavy (non-hydrogen) atoms. The molecule has 2 atom stereocenters. The van der Waals surface area contributed by atoms with Crippen LogP contribution in [0.3, 0.4) is 0 Å². The lowest BCUT2D eigenvalue weighted by Gasteiger charge is -2.19. The number of nitro benzene ring substituents is 1. The highest BCUT2D eigenvalue weighted by Gasteiger charge is 2.24. The number of hydrogen-bond donors (Lipinski definition) is 1. The number of allylic oxidation sites excluding steroid dienone is 2. The Balaban J connectivity index is 3.38. The Labute approximate surface area is 149 Å². The summed E-state index contributed by atoms with van der Waals surface area (Å²) in [6.07, 6.45) is 3.52. The van der Waals surface area contributed by atoms with Gasteiger partial charge in [0.05, 0.1) is 11.3 Å². The fourth-order valence-corrected chi connectivity index (χ4v) is 3.19. The van der Waals surface area contributed by atoms with Crippen LogP contribution in [0.5, 0.6) is 0 Å². The molecule has 1 aromatic carbocycles. The number of hydrogen-bond acceptors (Lipinski definition) is 3. The third kappa shape index (κ3) is 6.33. The molecule has 0 radical (unpaired) electrons. The summed E-state index contributed by atoms with van der Waals surface area (Å²) in [5.41, 5.74) is 2.64. The smallest absolute Gasteiger partial charge is 0.303 e. The van der Waals surface area contributed by atoms with E-state index in [1.54, 1.807) is 6.07 Å². The number of carboxylic acids is 1. The highest BCUT2D eigenvalue weighted by molar-refractivity contribution is 5.68. The van der Waals surface area contributed by atoms with Crippen LogP contribution in [0, 0.1) is 16.0 Å². The molecule has 0 aliphatic heterocycles. The number of benzene rings is 1. The fourth-order valence-electron chi connectivity index (χ4n) is 3.19. The molecule has 0 saturated carbocycles. The number of carbonyl (C=O) groups is 1. The third-order valence-corrected chi connectivity index (χ3v) is 4.30. The molecular weight excluding hydrogens is 318 g/mol. The van der Waals surface area contributed by atoms with Gasteiger partial charge in [-0.25, -0.2) is 0 Å². The van der Waals surface area contributed by atoms with E-state index >= 15 is 0 Å². The van der Waals surface area contributed by atoms with Crippen molar-refractivity contribution in [3.63, 3.8) is 0 Å². The van der Waals surface area contributed by atoms with Crippen molar-refractivity contribution in [2.75, 3.05) is 0 Å². The van der Waals surface area contributed by atoms with Crippen molar-refractivity contribution >= 4 is 11.7 Å². The second-order valence-electron chi connectivity index (χ2n) is 7.26. The maximum absolute atomic E-state index is 11.7. The zero-order valence-corrected chi connectivity index (χ0v) is 15.8. The topological polar surface area (TPSA) is 80.4 Å². The van der Waals surface area contributed by atoms with E-state index < -0.39 is 5.97 Å². The first-order valence-electron chi connectivity index (χ1n) is 8.80. The van der Waals surface area contributed by atoms with E-state index in [2.05, 4.69) is 19.9 Å². The van der Waals surface area contributed by atoms with E-state index in [4.69, 9.17) is 5.11 Å². The quantitative estimate of drug-likeness (QED) is 0.355. The number of nitro groups is 1. The average molecular weight is 347 g/mol. The summed E-state index contributed by atoms with van der Waals surface area (Å²) >= 11 is 0. The molecule has 0 amide bonds. The van der Waals surface area contributed by atoms with Gasteiger partial charge >= 0.3 is 5.97 Å². The van der Waals surface area contributed by atoms with Crippen molar-refractivity contribution in [3.05, 3.63) is 51.1 Å². The lowest BCUT2D eigenvalue weighted by atomic mass is 9.85. The minimum Gasteiger partial charge on any atom is -0.481 e. The van der Waals surface area contributed by atoms with Crippen LogP contribution in [0.2, 0.25) is 0 Å². The maximum Gasteiger partial charge on any atom is 0.303 e. The minimum atomic E-state index is -0.888. The van der Waals surface area contributed by atoms with E-state index in [1.165, 1.54) is 0 Å². The number of nitrogens with zero attached hydrogens (tertiary/aromatic N) is 1. The van der Waals surface area contributed by atoms with Crippen LogP contribution in [-0.4, -0.2) is 16.0 Å². The SMILES string of the molecule is CCC(CC(=O)O)c1ccc(C(C=C(C)C)CC(C)C)c([N+](=O)[O-])c1. The molecule has 5 nitrogen and oxygen atoms in total. The van der Waals surface area contributed by atoms with Gasteiger partial charge in [0, 0.05) is 17.5 Å². The van der Waals surface area contributed by atoms with Crippen molar-refractivity contribution in [2.24, 2.45) is 5.92 Å². The first kappa shape index (κ1) is 20.9. The van der Waals surface area contributed by atoms with Gasteiger partial charge in [-0.1, -0.05) is 44.6 Å². The summed E-state index contributed by atoms with van der Waals surface area (Å²) in [4.78, 5) is 22.3. The third-order valence-electron chi connectivity index (χ3n) is 4.30. The monoisotopic (exact) mass is 347 g/mol. The van der Waals surface area contributed by atoms with Crippen molar-refractivity contribution in [1.29, 1.82) is 0 Å². The molecule has 0 bridgehead atoms. The lowest BCUT2D eigenvalue weighted by Crippen LogP contribution is -2.09. The summed E-state index contributed by atoms with van der Waals surface area (Å²) in [5.74, 6) is -0.702. The highest BCUT2D eigenvalue weighted by Crippen LogP contribution is 2.36. The standard InChI is InChI=1S/C20H29NO4/c1-6-15(12-20(22)23)16-7-8-18(19(11-16)21(24)25)17(9-13(2)3)10-14(4)5/h7-9,11,14-15,17H,6,10,12H2,1-5H3,(H,22,23). The molecule has 0 spiro atoms. The molecule has 1 aromatic rings. The van der Waals surface area contributed by atoms with Gasteiger partial charge in [0.25, 0.3) is 5.69 Å². The molecule has 2 unspecified atom stereocenters. The second-order valence-corrected chi connectivity index (χ2v) is 7.26. The van der Waals surface area contributed by atoms with Crippen LogP contribution in [0.1, 0.15) is 76.8 Å². The summed E-state index contributed by atoms with van der Waals surface area (Å²) in [6, 6.07) is 5.23. The molecule has 0 aliphatic carbocycles. The van der Waals surface area contributed by atoms with Crippen LogP contribution < -0.4 is 0 Å². The Bertz CT molecular complexity index is 645. The Hall–Kier alpha value is -2.17. The van der Waals surface area contributed by atoms with Gasteiger partial charge in [-0.2, -0.15) is 0 Å². The molecule has 0 saturated heterocycles. The van der Waals surface area contributed by atoms with Crippen LogP contribution >= 0.6 is 0 Å². The molecule has 0 aliphatic rings. The zero-order valence-electron chi connectivity index (χ0n) is 15.8. The van der Waals surface area contributed by atoms with E-state index in [-0.39, 0.29) is 28.9 Å². The van der Waals surface area contributed by atoms with Gasteiger partial charge in [-0.05, 0) is 44.1 Å². The van der Waals surface area contributed by atoms with E-state index in [9.17, 15) is 14.9 Å². The molecule has 0 heterocycles. The molecule has 1 N–H and O–H groups in total. The number of rotatable bonds is 9. The van der Waals surface area contributed by atoms with Gasteiger partial charge in [0.2, 0.25) is 0 Å². The van der Waals surface area contributed by atoms with E-state index in [1.807, 2.05) is 32.9 Å². The fraction of sp³-hybridized carbons (Fsp3) is 0.550. The zero-order chi connectivity index (χ0) is 19.1. The van der Waals surface area contributed by atoms with Crippen LogP contribution in [-0.2, 0) is 4.79 Å². The molecule has 0 fully saturated rings. The van der Waals surface area contributed by atoms with Crippen molar-refractivity contribution in [2.45, 2.75) is 65.7 Å². The Morgan fingerprint density at radius 3 is 2.40 bits per heavy atom. The summed E-state index contributed by atoms with van der Waals surface area (Å²) < 4.78 is 0. The van der Waals surface area contributed by atoms with Crippen molar-refractivity contribution in [3.8, 4) is 0 Å². The van der Waals surface area contributed by atoms with Gasteiger partial charge in [0.15, 0.2) is 0 Å². The first-order valence-corrected chi connectivity index (χ1v) is 8.80. The van der Waals surface area contributed by atoms with E-state index in [0.29, 0.717) is 17.9 Å². The average Bonchev–Trinajstić information content (AvgIpc) is 2.50. The lowest BCUT2D eigenvalue weighted by molar-refractivity contribution is -0.385. The summed E-state index contributed by atoms with van der Waals surface area (Å²) in [7, 11) is 0. The minimum absolute atomic E-state index is 0.0148. The second kappa shape index (κ2) is 9.35. The molecule has 1 rings (SSSR count). The largest absolute Gasteiger partial charge is 0.481 e. The van der Waals surface area contributed by atoms with Crippen molar-refractivity contribution in [1.82, 2.24) is 0 Å². The van der Waals surface area contributed by atoms with Crippen LogP contribution in [0.15, 0.2) is 29.8 Å². The van der Waals surface area contributed by atoms with Crippen LogP contribution in [0.4, 0.5) is 5.69 Å². The number of aliphatic carboxylic acids is 1. The normalized spacial score (nSPS) is 13.4. The van der Waals surface area contributed by atoms with Gasteiger partial charge < -0.3 is 5.11 Å². The van der Waals surface area contributed by atoms with Crippen molar-refractivity contribution < 1.29 is 14.8 Å². The van der Waals surface area contributed by atoms with Gasteiger partial charge in [-0.15, -0.1) is 0 Å². The first-order chi connectivity index (χ1) is 11.6. The predicted molar refractivity (Wildman–Crippen MR) is 100 cm³/mol. The predicted octanol–water partition coefficient (Wildman–Crippen LogP) is 5.66. The summed E-state index contributed by atoms with van der Waals surface area (Å²) in [5, 5.41) is 20.7. The molecular formula is C20H29NO4. The Morgan fingerprint density at radius 2 is 1.96 bits per heavy atom. The molecule has 138 valence electrons. The van der Waals surface area contributed by atoms with Crippen LogP contribution in [0.25, 0.3) is 0 Å². The van der Waals surface area contributed by atoms with Gasteiger partial charge in [-0.3, -0.25) is 14.9 Å².